The molecule has 0 bridgehead atoms. The van der Waals surface area contributed by atoms with E-state index in [9.17, 15) is 9.59 Å². The summed E-state index contributed by atoms with van der Waals surface area (Å²) in [4.78, 5) is 23.0. The molecule has 4 nitrogen and oxygen atoms in total. The van der Waals surface area contributed by atoms with Crippen molar-refractivity contribution in [2.24, 2.45) is 5.73 Å². The maximum absolute atomic E-state index is 11.5. The molecule has 0 aliphatic rings. The van der Waals surface area contributed by atoms with Gasteiger partial charge in [-0.25, -0.2) is 0 Å². The number of carbonyl (C=O) groups excluding carboxylic acids is 2. The predicted octanol–water partition coefficient (Wildman–Crippen LogP) is 1.24. The number of ether oxygens (including phenoxy) is 1. The second kappa shape index (κ2) is 6.55. The molecule has 1 heterocycles. The highest BCUT2D eigenvalue weighted by molar-refractivity contribution is 7.12. The maximum Gasteiger partial charge on any atom is 0.323 e. The molecule has 0 saturated carbocycles. The molecule has 0 radical (unpaired) electrons. The summed E-state index contributed by atoms with van der Waals surface area (Å²) in [6.45, 7) is 0. The molecule has 1 aromatic rings. The van der Waals surface area contributed by atoms with E-state index in [1.165, 1.54) is 18.4 Å². The van der Waals surface area contributed by atoms with Crippen LogP contribution in [0.1, 0.15) is 16.1 Å². The van der Waals surface area contributed by atoms with Crippen LogP contribution in [-0.4, -0.2) is 24.9 Å². The van der Waals surface area contributed by atoms with E-state index in [0.29, 0.717) is 4.88 Å². The van der Waals surface area contributed by atoms with Gasteiger partial charge in [-0.3, -0.25) is 9.59 Å². The Kier molecular flexibility index (Phi) is 6.15. The van der Waals surface area contributed by atoms with Gasteiger partial charge in [0.2, 0.25) is 0 Å². The Morgan fingerprint density at radius 1 is 1.60 bits per heavy atom. The summed E-state index contributed by atoms with van der Waals surface area (Å²) < 4.78 is 4.42. The van der Waals surface area contributed by atoms with E-state index in [1.54, 1.807) is 17.5 Å². The van der Waals surface area contributed by atoms with Crippen molar-refractivity contribution >= 4 is 35.5 Å². The fourth-order valence-electron chi connectivity index (χ4n) is 0.972. The smallest absolute Gasteiger partial charge is 0.323 e. The van der Waals surface area contributed by atoms with Crippen molar-refractivity contribution in [3.8, 4) is 0 Å². The monoisotopic (exact) mass is 249 g/mol. The molecule has 0 spiro atoms. The molecule has 0 saturated heterocycles. The molecule has 1 atom stereocenters. The summed E-state index contributed by atoms with van der Waals surface area (Å²) in [6, 6.07) is 2.62. The van der Waals surface area contributed by atoms with Crippen LogP contribution in [0.2, 0.25) is 0 Å². The highest BCUT2D eigenvalue weighted by atomic mass is 35.5. The fraction of sp³-hybridized carbons (Fsp3) is 0.333. The molecular weight excluding hydrogens is 238 g/mol. The topological polar surface area (TPSA) is 69.4 Å². The second-order valence-electron chi connectivity index (χ2n) is 2.73. The minimum atomic E-state index is -0.866. The Bertz CT molecular complexity index is 326. The number of esters is 1. The van der Waals surface area contributed by atoms with Crippen molar-refractivity contribution in [2.45, 2.75) is 12.5 Å². The molecule has 15 heavy (non-hydrogen) atoms. The summed E-state index contributed by atoms with van der Waals surface area (Å²) in [5.74, 6) is -0.687. The van der Waals surface area contributed by atoms with Crippen molar-refractivity contribution in [1.29, 1.82) is 0 Å². The lowest BCUT2D eigenvalue weighted by Gasteiger charge is -2.06. The Morgan fingerprint density at radius 2 is 2.27 bits per heavy atom. The first kappa shape index (κ1) is 14.1. The number of ketones is 1. The van der Waals surface area contributed by atoms with Crippen LogP contribution in [0.25, 0.3) is 0 Å². The van der Waals surface area contributed by atoms with Gasteiger partial charge >= 0.3 is 5.97 Å². The number of methoxy groups -OCH3 is 1. The van der Waals surface area contributed by atoms with E-state index in [-0.39, 0.29) is 24.6 Å². The minimum absolute atomic E-state index is 0. The standard InChI is InChI=1S/C9H11NO3S.ClH/c1-13-9(12)6(10)5-7(11)8-3-2-4-14-8;/h2-4,6H,5,10H2,1H3;1H/t6-;/m0./s1. The van der Waals surface area contributed by atoms with Crippen LogP contribution < -0.4 is 5.73 Å². The van der Waals surface area contributed by atoms with Crippen LogP contribution in [0.3, 0.4) is 0 Å². The highest BCUT2D eigenvalue weighted by Crippen LogP contribution is 2.12. The average molecular weight is 250 g/mol. The van der Waals surface area contributed by atoms with Gasteiger partial charge in [-0.1, -0.05) is 6.07 Å². The molecule has 1 rings (SSSR count). The second-order valence-corrected chi connectivity index (χ2v) is 3.68. The van der Waals surface area contributed by atoms with E-state index in [0.717, 1.165) is 0 Å². The summed E-state index contributed by atoms with van der Waals surface area (Å²) in [5, 5.41) is 1.80. The lowest BCUT2D eigenvalue weighted by Crippen LogP contribution is -2.33. The fourth-order valence-corrected chi connectivity index (χ4v) is 1.65. The number of nitrogens with two attached hydrogens (primary N) is 1. The third kappa shape index (κ3) is 3.99. The molecule has 1 aromatic heterocycles. The Labute approximate surface area is 97.8 Å². The lowest BCUT2D eigenvalue weighted by atomic mass is 10.1. The first-order valence-corrected chi connectivity index (χ1v) is 4.93. The first-order valence-electron chi connectivity index (χ1n) is 4.05. The summed E-state index contributed by atoms with van der Waals surface area (Å²) in [5.41, 5.74) is 5.44. The van der Waals surface area contributed by atoms with E-state index >= 15 is 0 Å². The third-order valence-corrected chi connectivity index (χ3v) is 2.62. The summed E-state index contributed by atoms with van der Waals surface area (Å²) in [7, 11) is 1.25. The van der Waals surface area contributed by atoms with Crippen LogP contribution in [0.15, 0.2) is 17.5 Å². The summed E-state index contributed by atoms with van der Waals surface area (Å²) >= 11 is 1.34. The number of hydrogen-bond donors (Lipinski definition) is 1. The average Bonchev–Trinajstić information content (AvgIpc) is 2.69. The normalized spacial score (nSPS) is 11.3. The Morgan fingerprint density at radius 3 is 2.73 bits per heavy atom. The van der Waals surface area contributed by atoms with Crippen LogP contribution in [0.5, 0.6) is 0 Å². The zero-order valence-corrected chi connectivity index (χ0v) is 9.77. The van der Waals surface area contributed by atoms with E-state index in [2.05, 4.69) is 4.74 Å². The van der Waals surface area contributed by atoms with Crippen molar-refractivity contribution in [3.63, 3.8) is 0 Å². The van der Waals surface area contributed by atoms with Gasteiger partial charge in [0.25, 0.3) is 0 Å². The number of thiophene rings is 1. The van der Waals surface area contributed by atoms with Crippen LogP contribution in [0.4, 0.5) is 0 Å². The highest BCUT2D eigenvalue weighted by Gasteiger charge is 2.19. The zero-order chi connectivity index (χ0) is 10.6. The van der Waals surface area contributed by atoms with E-state index in [4.69, 9.17) is 5.73 Å². The van der Waals surface area contributed by atoms with Crippen molar-refractivity contribution in [3.05, 3.63) is 22.4 Å². The van der Waals surface area contributed by atoms with Crippen LogP contribution in [0, 0.1) is 0 Å². The third-order valence-electron chi connectivity index (χ3n) is 1.71. The summed E-state index contributed by atoms with van der Waals surface area (Å²) in [6.07, 6.45) is -0.00676. The molecule has 6 heteroatoms. The van der Waals surface area contributed by atoms with Crippen LogP contribution >= 0.6 is 23.7 Å². The predicted molar refractivity (Wildman–Crippen MR) is 60.5 cm³/mol. The van der Waals surface area contributed by atoms with Gasteiger partial charge < -0.3 is 10.5 Å². The number of Topliss-reactive ketones (excluding diaryl/α,β-unsaturated/α-hetero) is 1. The SMILES string of the molecule is COC(=O)[C@@H](N)CC(=O)c1cccs1.Cl. The first-order chi connectivity index (χ1) is 6.65. The number of hydrogen-bond acceptors (Lipinski definition) is 5. The zero-order valence-electron chi connectivity index (χ0n) is 8.14. The Balaban J connectivity index is 0.00000196. The van der Waals surface area contributed by atoms with Gasteiger partial charge in [0.05, 0.1) is 12.0 Å². The van der Waals surface area contributed by atoms with Gasteiger partial charge in [-0.15, -0.1) is 23.7 Å². The molecule has 0 aromatic carbocycles. The molecular formula is C9H12ClNO3S. The van der Waals surface area contributed by atoms with E-state index < -0.39 is 12.0 Å². The minimum Gasteiger partial charge on any atom is -0.468 e. The van der Waals surface area contributed by atoms with Gasteiger partial charge in [0.15, 0.2) is 5.78 Å². The number of rotatable bonds is 4. The van der Waals surface area contributed by atoms with Crippen LogP contribution in [-0.2, 0) is 9.53 Å². The molecule has 0 aliphatic carbocycles. The lowest BCUT2D eigenvalue weighted by molar-refractivity contribution is -0.142. The van der Waals surface area contributed by atoms with E-state index in [1.807, 2.05) is 0 Å². The molecule has 0 amide bonds. The molecule has 84 valence electrons. The van der Waals surface area contributed by atoms with Gasteiger partial charge in [-0.2, -0.15) is 0 Å². The van der Waals surface area contributed by atoms with Gasteiger partial charge in [0, 0.05) is 6.42 Å². The quantitative estimate of drug-likeness (QED) is 0.644. The maximum atomic E-state index is 11.5. The number of carbonyl (C=O) groups is 2. The molecule has 0 fully saturated rings. The molecule has 0 unspecified atom stereocenters. The Hall–Kier alpha value is -0.910. The van der Waals surface area contributed by atoms with Gasteiger partial charge in [-0.05, 0) is 11.4 Å². The van der Waals surface area contributed by atoms with Crippen molar-refractivity contribution < 1.29 is 14.3 Å². The van der Waals surface area contributed by atoms with Gasteiger partial charge in [0.1, 0.15) is 6.04 Å². The largest absolute Gasteiger partial charge is 0.468 e. The van der Waals surface area contributed by atoms with Crippen molar-refractivity contribution in [2.75, 3.05) is 7.11 Å². The number of halogens is 1. The van der Waals surface area contributed by atoms with Crippen molar-refractivity contribution in [1.82, 2.24) is 0 Å². The molecule has 0 aliphatic heterocycles. The molecule has 2 N–H and O–H groups in total.